The summed E-state index contributed by atoms with van der Waals surface area (Å²) in [5.41, 5.74) is 0.384. The highest BCUT2D eigenvalue weighted by Gasteiger charge is 2.23. The van der Waals surface area contributed by atoms with E-state index in [1.807, 2.05) is 6.07 Å². The number of nitriles is 1. The molecule has 1 aromatic carbocycles. The molecule has 0 aliphatic carbocycles. The standard InChI is InChI=1S/C10H8ClNO2/c11-9-2-1-3-10(8(9)4-12)14-6-7-5-13-7/h1-3,7H,5-6H2/t7-/m0/s1. The Balaban J connectivity index is 2.14. The summed E-state index contributed by atoms with van der Waals surface area (Å²) < 4.78 is 10.4. The Kier molecular flexibility index (Phi) is 2.58. The van der Waals surface area contributed by atoms with Gasteiger partial charge in [0.2, 0.25) is 0 Å². The average molecular weight is 210 g/mol. The molecule has 0 amide bonds. The van der Waals surface area contributed by atoms with Gasteiger partial charge < -0.3 is 9.47 Å². The third-order valence-corrected chi connectivity index (χ3v) is 2.23. The van der Waals surface area contributed by atoms with Gasteiger partial charge in [-0.3, -0.25) is 0 Å². The molecule has 1 aromatic rings. The predicted octanol–water partition coefficient (Wildman–Crippen LogP) is 1.99. The van der Waals surface area contributed by atoms with Crippen LogP contribution >= 0.6 is 11.6 Å². The van der Waals surface area contributed by atoms with Crippen molar-refractivity contribution in [2.45, 2.75) is 6.10 Å². The van der Waals surface area contributed by atoms with Gasteiger partial charge in [0.1, 0.15) is 30.1 Å². The highest BCUT2D eigenvalue weighted by molar-refractivity contribution is 6.31. The second kappa shape index (κ2) is 3.87. The van der Waals surface area contributed by atoms with Crippen molar-refractivity contribution in [3.8, 4) is 11.8 Å². The molecule has 14 heavy (non-hydrogen) atoms. The maximum absolute atomic E-state index is 8.83. The number of epoxide rings is 1. The molecule has 1 saturated heterocycles. The van der Waals surface area contributed by atoms with Crippen LogP contribution in [0, 0.1) is 11.3 Å². The van der Waals surface area contributed by atoms with Crippen molar-refractivity contribution in [1.82, 2.24) is 0 Å². The van der Waals surface area contributed by atoms with E-state index in [4.69, 9.17) is 26.3 Å². The SMILES string of the molecule is N#Cc1c(Cl)cccc1OC[C@@H]1CO1. The van der Waals surface area contributed by atoms with Crippen molar-refractivity contribution in [2.24, 2.45) is 0 Å². The van der Waals surface area contributed by atoms with Crippen molar-refractivity contribution in [1.29, 1.82) is 5.26 Å². The molecule has 0 spiro atoms. The number of rotatable bonds is 3. The van der Waals surface area contributed by atoms with E-state index in [0.29, 0.717) is 22.9 Å². The van der Waals surface area contributed by atoms with Crippen molar-refractivity contribution >= 4 is 11.6 Å². The first-order valence-corrected chi connectivity index (χ1v) is 4.62. The van der Waals surface area contributed by atoms with Crippen molar-refractivity contribution in [3.05, 3.63) is 28.8 Å². The van der Waals surface area contributed by atoms with Crippen LogP contribution in [0.15, 0.2) is 18.2 Å². The van der Waals surface area contributed by atoms with E-state index in [1.165, 1.54) is 0 Å². The molecule has 1 atom stereocenters. The van der Waals surface area contributed by atoms with Crippen LogP contribution in [0.5, 0.6) is 5.75 Å². The molecule has 0 unspecified atom stereocenters. The van der Waals surface area contributed by atoms with Crippen LogP contribution in [0.3, 0.4) is 0 Å². The van der Waals surface area contributed by atoms with Crippen LogP contribution in [-0.2, 0) is 4.74 Å². The number of hydrogen-bond acceptors (Lipinski definition) is 3. The molecule has 3 nitrogen and oxygen atoms in total. The van der Waals surface area contributed by atoms with E-state index in [9.17, 15) is 0 Å². The number of hydrogen-bond donors (Lipinski definition) is 0. The lowest BCUT2D eigenvalue weighted by molar-refractivity contribution is 0.262. The Labute approximate surface area is 86.8 Å². The molecule has 1 heterocycles. The summed E-state index contributed by atoms with van der Waals surface area (Å²) >= 11 is 5.83. The zero-order valence-corrected chi connectivity index (χ0v) is 8.12. The summed E-state index contributed by atoms with van der Waals surface area (Å²) in [6.07, 6.45) is 0.181. The molecule has 1 aliphatic rings. The van der Waals surface area contributed by atoms with Gasteiger partial charge >= 0.3 is 0 Å². The Morgan fingerprint density at radius 1 is 1.64 bits per heavy atom. The van der Waals surface area contributed by atoms with Crippen molar-refractivity contribution in [3.63, 3.8) is 0 Å². The van der Waals surface area contributed by atoms with Gasteiger partial charge in [-0.05, 0) is 12.1 Å². The third-order valence-electron chi connectivity index (χ3n) is 1.91. The summed E-state index contributed by atoms with van der Waals surface area (Å²) in [6.45, 7) is 1.22. The quantitative estimate of drug-likeness (QED) is 0.716. The van der Waals surface area contributed by atoms with Gasteiger partial charge in [-0.15, -0.1) is 0 Å². The minimum Gasteiger partial charge on any atom is -0.489 e. The predicted molar refractivity (Wildman–Crippen MR) is 51.4 cm³/mol. The molecular formula is C10H8ClNO2. The Morgan fingerprint density at radius 3 is 3.07 bits per heavy atom. The van der Waals surface area contributed by atoms with E-state index in [-0.39, 0.29) is 6.10 Å². The normalized spacial score (nSPS) is 18.7. The van der Waals surface area contributed by atoms with E-state index in [0.717, 1.165) is 6.61 Å². The average Bonchev–Trinajstić information content (AvgIpc) is 2.98. The molecule has 1 aliphatic heterocycles. The highest BCUT2D eigenvalue weighted by Crippen LogP contribution is 2.26. The minimum absolute atomic E-state index is 0.181. The Morgan fingerprint density at radius 2 is 2.43 bits per heavy atom. The fraction of sp³-hybridized carbons (Fsp3) is 0.300. The van der Waals surface area contributed by atoms with Crippen LogP contribution in [-0.4, -0.2) is 19.3 Å². The van der Waals surface area contributed by atoms with Gasteiger partial charge in [0, 0.05) is 0 Å². The van der Waals surface area contributed by atoms with Gasteiger partial charge in [0.05, 0.1) is 11.6 Å². The van der Waals surface area contributed by atoms with Gasteiger partial charge in [-0.2, -0.15) is 5.26 Å². The lowest BCUT2D eigenvalue weighted by atomic mass is 10.2. The number of nitrogens with zero attached hydrogens (tertiary/aromatic N) is 1. The number of benzene rings is 1. The molecule has 0 saturated carbocycles. The molecule has 2 rings (SSSR count). The largest absolute Gasteiger partial charge is 0.489 e. The number of halogens is 1. The maximum atomic E-state index is 8.83. The molecule has 0 radical (unpaired) electrons. The fourth-order valence-corrected chi connectivity index (χ4v) is 1.29. The molecule has 0 bridgehead atoms. The first-order chi connectivity index (χ1) is 6.81. The van der Waals surface area contributed by atoms with E-state index in [1.54, 1.807) is 18.2 Å². The lowest BCUT2D eigenvalue weighted by Gasteiger charge is -2.06. The summed E-state index contributed by atoms with van der Waals surface area (Å²) in [5.74, 6) is 0.524. The Hall–Kier alpha value is -1.24. The number of ether oxygens (including phenoxy) is 2. The second-order valence-electron chi connectivity index (χ2n) is 2.99. The van der Waals surface area contributed by atoms with Crippen LogP contribution < -0.4 is 4.74 Å². The van der Waals surface area contributed by atoms with E-state index >= 15 is 0 Å². The summed E-state index contributed by atoms with van der Waals surface area (Å²) in [4.78, 5) is 0. The minimum atomic E-state index is 0.181. The first-order valence-electron chi connectivity index (χ1n) is 4.24. The molecular weight excluding hydrogens is 202 g/mol. The zero-order valence-electron chi connectivity index (χ0n) is 7.37. The van der Waals surface area contributed by atoms with Crippen molar-refractivity contribution in [2.75, 3.05) is 13.2 Å². The van der Waals surface area contributed by atoms with Gasteiger partial charge in [0.25, 0.3) is 0 Å². The molecule has 72 valence electrons. The highest BCUT2D eigenvalue weighted by atomic mass is 35.5. The van der Waals surface area contributed by atoms with Crippen LogP contribution in [0.1, 0.15) is 5.56 Å². The first kappa shape index (κ1) is 9.32. The van der Waals surface area contributed by atoms with Gasteiger partial charge in [0.15, 0.2) is 0 Å². The fourth-order valence-electron chi connectivity index (χ4n) is 1.08. The molecule has 4 heteroatoms. The third kappa shape index (κ3) is 1.98. The van der Waals surface area contributed by atoms with E-state index < -0.39 is 0 Å². The zero-order chi connectivity index (χ0) is 9.97. The van der Waals surface area contributed by atoms with Gasteiger partial charge in [-0.1, -0.05) is 17.7 Å². The van der Waals surface area contributed by atoms with Crippen LogP contribution in [0.25, 0.3) is 0 Å². The van der Waals surface area contributed by atoms with Gasteiger partial charge in [-0.25, -0.2) is 0 Å². The summed E-state index contributed by atoms with van der Waals surface area (Å²) in [6, 6.07) is 7.16. The van der Waals surface area contributed by atoms with Crippen molar-refractivity contribution < 1.29 is 9.47 Å². The topological polar surface area (TPSA) is 45.5 Å². The molecule has 1 fully saturated rings. The van der Waals surface area contributed by atoms with E-state index in [2.05, 4.69) is 0 Å². The summed E-state index contributed by atoms with van der Waals surface area (Å²) in [5, 5.41) is 9.25. The maximum Gasteiger partial charge on any atom is 0.138 e. The lowest BCUT2D eigenvalue weighted by Crippen LogP contribution is -2.05. The second-order valence-corrected chi connectivity index (χ2v) is 3.40. The van der Waals surface area contributed by atoms with Crippen LogP contribution in [0.4, 0.5) is 0 Å². The Bertz CT molecular complexity index is 382. The summed E-state index contributed by atoms with van der Waals surface area (Å²) in [7, 11) is 0. The molecule has 0 N–H and O–H groups in total. The monoisotopic (exact) mass is 209 g/mol. The molecule has 0 aromatic heterocycles. The van der Waals surface area contributed by atoms with Crippen LogP contribution in [0.2, 0.25) is 5.02 Å². The smallest absolute Gasteiger partial charge is 0.138 e.